The van der Waals surface area contributed by atoms with E-state index >= 15 is 0 Å². The lowest BCUT2D eigenvalue weighted by Crippen LogP contribution is -2.55. The van der Waals surface area contributed by atoms with Gasteiger partial charge in [0.2, 0.25) is 0 Å². The van der Waals surface area contributed by atoms with E-state index in [0.717, 1.165) is 12.8 Å². The van der Waals surface area contributed by atoms with Gasteiger partial charge in [0.25, 0.3) is 0 Å². The van der Waals surface area contributed by atoms with Crippen LogP contribution in [0.25, 0.3) is 0 Å². The molecule has 0 unspecified atom stereocenters. The summed E-state index contributed by atoms with van der Waals surface area (Å²) in [5, 5.41) is 14.5. The van der Waals surface area contributed by atoms with Crippen molar-refractivity contribution < 1.29 is 24.2 Å². The molecule has 3 N–H and O–H groups in total. The van der Waals surface area contributed by atoms with Crippen LogP contribution in [-0.2, 0) is 9.53 Å². The highest BCUT2D eigenvalue weighted by atomic mass is 16.5. The van der Waals surface area contributed by atoms with E-state index in [9.17, 15) is 14.4 Å². The number of nitrogens with zero attached hydrogens (tertiary/aromatic N) is 1. The average Bonchev–Trinajstić information content (AvgIpc) is 2.55. The van der Waals surface area contributed by atoms with Crippen LogP contribution in [0.3, 0.4) is 0 Å². The van der Waals surface area contributed by atoms with Gasteiger partial charge in [0.05, 0.1) is 19.2 Å². The molecule has 0 atom stereocenters. The van der Waals surface area contributed by atoms with Crippen LogP contribution in [0.1, 0.15) is 35.7 Å². The Morgan fingerprint density at radius 3 is 2.54 bits per heavy atom. The summed E-state index contributed by atoms with van der Waals surface area (Å²) in [5.74, 6) is -1.26. The number of rotatable bonds is 7. The van der Waals surface area contributed by atoms with Gasteiger partial charge in [-0.15, -0.1) is 0 Å². The fourth-order valence-electron chi connectivity index (χ4n) is 3.11. The van der Waals surface area contributed by atoms with Gasteiger partial charge in [-0.2, -0.15) is 0 Å². The molecule has 0 aliphatic heterocycles. The number of urea groups is 1. The Bertz CT molecular complexity index is 685. The summed E-state index contributed by atoms with van der Waals surface area (Å²) in [6.45, 7) is 4.39. The highest BCUT2D eigenvalue weighted by Crippen LogP contribution is 2.25. The molecule has 0 aromatic heterocycles. The number of hydrogen-bond acceptors (Lipinski definition) is 5. The number of amides is 2. The number of aryl methyl sites for hydroxylation is 1. The molecule has 2 rings (SSSR count). The summed E-state index contributed by atoms with van der Waals surface area (Å²) in [6, 6.07) is 4.86. The zero-order chi connectivity index (χ0) is 19.3. The monoisotopic (exact) mass is 363 g/mol. The number of likely N-dealkylation sites (N-methyl/N-ethyl adjacent to an activating group) is 1. The molecule has 1 aliphatic carbocycles. The molecule has 1 aromatic carbocycles. The minimum Gasteiger partial charge on any atom is -0.480 e. The fraction of sp³-hybridized carbons (Fsp3) is 0.500. The van der Waals surface area contributed by atoms with E-state index in [1.54, 1.807) is 25.1 Å². The third-order valence-electron chi connectivity index (χ3n) is 4.60. The maximum atomic E-state index is 12.1. The molecule has 1 saturated carbocycles. The van der Waals surface area contributed by atoms with Crippen LogP contribution in [0.4, 0.5) is 10.5 Å². The number of carboxylic acid groups (broad SMARTS) is 1. The van der Waals surface area contributed by atoms with Gasteiger partial charge in [-0.3, -0.25) is 9.69 Å². The van der Waals surface area contributed by atoms with Gasteiger partial charge < -0.3 is 20.5 Å². The second kappa shape index (κ2) is 8.66. The molecule has 0 heterocycles. The highest BCUT2D eigenvalue weighted by Gasteiger charge is 2.34. The van der Waals surface area contributed by atoms with Gasteiger partial charge in [-0.25, -0.2) is 9.59 Å². The summed E-state index contributed by atoms with van der Waals surface area (Å²) >= 11 is 0. The smallest absolute Gasteiger partial charge is 0.338 e. The number of carbonyl (C=O) groups excluding carboxylic acids is 2. The van der Waals surface area contributed by atoms with Crippen LogP contribution in [-0.4, -0.2) is 60.3 Å². The lowest BCUT2D eigenvalue weighted by Gasteiger charge is -2.42. The van der Waals surface area contributed by atoms with Crippen LogP contribution < -0.4 is 10.6 Å². The first-order valence-electron chi connectivity index (χ1n) is 8.56. The van der Waals surface area contributed by atoms with Gasteiger partial charge in [0.15, 0.2) is 0 Å². The summed E-state index contributed by atoms with van der Waals surface area (Å²) in [7, 11) is 1.32. The van der Waals surface area contributed by atoms with Crippen LogP contribution in [0.5, 0.6) is 0 Å². The summed E-state index contributed by atoms with van der Waals surface area (Å²) in [4.78, 5) is 36.4. The normalized spacial score (nSPS) is 18.8. The number of benzene rings is 1. The van der Waals surface area contributed by atoms with E-state index in [2.05, 4.69) is 10.6 Å². The number of anilines is 1. The Balaban J connectivity index is 1.82. The van der Waals surface area contributed by atoms with Crippen LogP contribution in [0.15, 0.2) is 18.2 Å². The molecule has 0 radical (unpaired) electrons. The number of nitrogens with one attached hydrogen (secondary N) is 2. The second-order valence-electron chi connectivity index (χ2n) is 6.40. The molecule has 0 spiro atoms. The minimum absolute atomic E-state index is 0.0197. The lowest BCUT2D eigenvalue weighted by atomic mass is 9.85. The first kappa shape index (κ1) is 19.7. The van der Waals surface area contributed by atoms with E-state index in [1.807, 2.05) is 11.8 Å². The van der Waals surface area contributed by atoms with Crippen molar-refractivity contribution in [2.75, 3.05) is 25.5 Å². The molecular formula is C18H25N3O5. The first-order valence-corrected chi connectivity index (χ1v) is 8.56. The molecule has 1 fully saturated rings. The number of hydrogen-bond donors (Lipinski definition) is 3. The third-order valence-corrected chi connectivity index (χ3v) is 4.60. The molecule has 8 heteroatoms. The summed E-state index contributed by atoms with van der Waals surface area (Å²) < 4.78 is 4.70. The largest absolute Gasteiger partial charge is 0.480 e. The van der Waals surface area contributed by atoms with Crippen molar-refractivity contribution in [3.05, 3.63) is 29.3 Å². The third kappa shape index (κ3) is 4.95. The predicted molar refractivity (Wildman–Crippen MR) is 96.4 cm³/mol. The molecule has 0 saturated heterocycles. The number of ether oxygens (including phenoxy) is 1. The van der Waals surface area contributed by atoms with Crippen molar-refractivity contribution in [2.45, 2.75) is 38.8 Å². The molecule has 2 amide bonds. The number of carbonyl (C=O) groups is 3. The summed E-state index contributed by atoms with van der Waals surface area (Å²) in [6.07, 6.45) is 1.46. The van der Waals surface area contributed by atoms with Gasteiger partial charge in [0, 0.05) is 17.8 Å². The van der Waals surface area contributed by atoms with Gasteiger partial charge in [-0.05, 0) is 50.1 Å². The van der Waals surface area contributed by atoms with Gasteiger partial charge >= 0.3 is 18.0 Å². The predicted octanol–water partition coefficient (Wildman–Crippen LogP) is 1.84. The Morgan fingerprint density at radius 2 is 2.00 bits per heavy atom. The zero-order valence-electron chi connectivity index (χ0n) is 15.2. The molecule has 1 aromatic rings. The minimum atomic E-state index is -0.841. The Kier molecular flexibility index (Phi) is 6.57. The van der Waals surface area contributed by atoms with Crippen molar-refractivity contribution in [1.29, 1.82) is 0 Å². The van der Waals surface area contributed by atoms with Crippen LogP contribution in [0, 0.1) is 6.92 Å². The van der Waals surface area contributed by atoms with Crippen LogP contribution in [0.2, 0.25) is 0 Å². The van der Waals surface area contributed by atoms with E-state index in [-0.39, 0.29) is 24.7 Å². The van der Waals surface area contributed by atoms with Crippen molar-refractivity contribution in [3.8, 4) is 0 Å². The van der Waals surface area contributed by atoms with Gasteiger partial charge in [0.1, 0.15) is 0 Å². The maximum Gasteiger partial charge on any atom is 0.338 e. The number of methoxy groups -OCH3 is 1. The maximum absolute atomic E-state index is 12.1. The van der Waals surface area contributed by atoms with E-state index in [0.29, 0.717) is 23.4 Å². The van der Waals surface area contributed by atoms with Gasteiger partial charge in [-0.1, -0.05) is 6.92 Å². The first-order chi connectivity index (χ1) is 12.3. The van der Waals surface area contributed by atoms with Crippen molar-refractivity contribution in [3.63, 3.8) is 0 Å². The van der Waals surface area contributed by atoms with E-state index in [1.165, 1.54) is 7.11 Å². The average molecular weight is 363 g/mol. The summed E-state index contributed by atoms with van der Waals surface area (Å²) in [5.41, 5.74) is 1.76. The van der Waals surface area contributed by atoms with Crippen molar-refractivity contribution in [2.24, 2.45) is 0 Å². The van der Waals surface area contributed by atoms with E-state index < -0.39 is 11.9 Å². The van der Waals surface area contributed by atoms with E-state index in [4.69, 9.17) is 9.84 Å². The standard InChI is InChI=1S/C18H25N3O5/c1-4-21(10-16(22)23)14-8-13(9-14)20-18(25)19-12-5-6-15(11(2)7-12)17(24)26-3/h5-7,13-14H,4,8-10H2,1-3H3,(H,22,23)(H2,19,20,25). The molecule has 8 nitrogen and oxygen atoms in total. The SMILES string of the molecule is CCN(CC(=O)O)C1CC(NC(=O)Nc2ccc(C(=O)OC)c(C)c2)C1. The van der Waals surface area contributed by atoms with Crippen molar-refractivity contribution in [1.82, 2.24) is 10.2 Å². The number of carboxylic acids is 1. The highest BCUT2D eigenvalue weighted by molar-refractivity contribution is 5.93. The zero-order valence-corrected chi connectivity index (χ0v) is 15.2. The number of aliphatic carboxylic acids is 1. The topological polar surface area (TPSA) is 108 Å². The van der Waals surface area contributed by atoms with Crippen LogP contribution >= 0.6 is 0 Å². The molecule has 0 bridgehead atoms. The Labute approximate surface area is 152 Å². The quantitative estimate of drug-likeness (QED) is 0.638. The molecular weight excluding hydrogens is 338 g/mol. The molecule has 26 heavy (non-hydrogen) atoms. The van der Waals surface area contributed by atoms with Crippen molar-refractivity contribution >= 4 is 23.7 Å². The molecule has 142 valence electrons. The Morgan fingerprint density at radius 1 is 1.31 bits per heavy atom. The lowest BCUT2D eigenvalue weighted by molar-refractivity contribution is -0.139. The fourth-order valence-corrected chi connectivity index (χ4v) is 3.11. The second-order valence-corrected chi connectivity index (χ2v) is 6.40. The molecule has 1 aliphatic rings. The Hall–Kier alpha value is -2.61. The number of esters is 1.